The molecule has 0 bridgehead atoms. The van der Waals surface area contributed by atoms with Crippen molar-refractivity contribution >= 4 is 11.4 Å². The highest BCUT2D eigenvalue weighted by Gasteiger charge is 2.30. The van der Waals surface area contributed by atoms with E-state index in [9.17, 15) is 4.79 Å². The number of carbonyl (C=O) groups is 1. The van der Waals surface area contributed by atoms with Gasteiger partial charge in [0.15, 0.2) is 5.78 Å². The van der Waals surface area contributed by atoms with Crippen molar-refractivity contribution in [2.24, 2.45) is 17.8 Å². The molecule has 0 spiro atoms. The second-order valence-corrected chi connectivity index (χ2v) is 7.46. The number of likely N-dealkylation sites (tertiary alicyclic amines) is 1. The third-order valence-electron chi connectivity index (χ3n) is 5.69. The summed E-state index contributed by atoms with van der Waals surface area (Å²) in [5.74, 6) is 1.48. The average molecular weight is 313 g/mol. The summed E-state index contributed by atoms with van der Waals surface area (Å²) in [6, 6.07) is 6.09. The number of piperidine rings is 1. The molecule has 0 saturated carbocycles. The molecule has 2 heteroatoms. The highest BCUT2D eigenvalue weighted by atomic mass is 16.1. The highest BCUT2D eigenvalue weighted by Crippen LogP contribution is 2.32. The summed E-state index contributed by atoms with van der Waals surface area (Å²) >= 11 is 0. The van der Waals surface area contributed by atoms with Crippen LogP contribution in [0.1, 0.15) is 55.1 Å². The van der Waals surface area contributed by atoms with Gasteiger partial charge < -0.3 is 4.90 Å². The van der Waals surface area contributed by atoms with Gasteiger partial charge in [0.2, 0.25) is 0 Å². The number of allylic oxidation sites excluding steroid dienone is 1. The first-order chi connectivity index (χ1) is 10.8. The zero-order chi connectivity index (χ0) is 17.1. The van der Waals surface area contributed by atoms with Crippen LogP contribution in [0.3, 0.4) is 0 Å². The largest absolute Gasteiger partial charge is 0.306 e. The van der Waals surface area contributed by atoms with Gasteiger partial charge in [0.1, 0.15) is 0 Å². The minimum Gasteiger partial charge on any atom is -0.306 e. The van der Waals surface area contributed by atoms with Gasteiger partial charge in [-0.15, -0.1) is 0 Å². The maximum Gasteiger partial charge on any atom is 0.166 e. The molecule has 1 aromatic carbocycles. The van der Waals surface area contributed by atoms with Crippen LogP contribution in [0.25, 0.3) is 5.57 Å². The Kier molecular flexibility index (Phi) is 5.80. The Morgan fingerprint density at radius 3 is 2.39 bits per heavy atom. The Morgan fingerprint density at radius 2 is 1.87 bits per heavy atom. The number of Topliss-reactive ketones (excluding diaryl/α,β-unsaturated/α-hetero) is 1. The molecule has 1 aromatic rings. The molecule has 1 saturated heterocycles. The van der Waals surface area contributed by atoms with Crippen LogP contribution in [-0.2, 0) is 0 Å². The normalized spacial score (nSPS) is 19.3. The van der Waals surface area contributed by atoms with E-state index in [2.05, 4.69) is 38.4 Å². The summed E-state index contributed by atoms with van der Waals surface area (Å²) in [7, 11) is 2.18. The first-order valence-corrected chi connectivity index (χ1v) is 8.80. The van der Waals surface area contributed by atoms with Gasteiger partial charge in [-0.25, -0.2) is 0 Å². The average Bonchev–Trinajstić information content (AvgIpc) is 2.53. The van der Waals surface area contributed by atoms with Crippen molar-refractivity contribution in [1.82, 2.24) is 4.90 Å². The Balaban J connectivity index is 2.11. The van der Waals surface area contributed by atoms with Gasteiger partial charge in [-0.3, -0.25) is 4.79 Å². The van der Waals surface area contributed by atoms with Gasteiger partial charge in [0.25, 0.3) is 0 Å². The van der Waals surface area contributed by atoms with Crippen LogP contribution in [0.15, 0.2) is 24.8 Å². The third-order valence-corrected chi connectivity index (χ3v) is 5.69. The minimum atomic E-state index is 0.0813. The topological polar surface area (TPSA) is 20.3 Å². The van der Waals surface area contributed by atoms with Crippen molar-refractivity contribution in [2.75, 3.05) is 20.1 Å². The lowest BCUT2D eigenvalue weighted by atomic mass is 9.75. The van der Waals surface area contributed by atoms with Gasteiger partial charge in [-0.2, -0.15) is 0 Å². The summed E-state index contributed by atoms with van der Waals surface area (Å²) < 4.78 is 0. The molecule has 1 aliphatic rings. The lowest BCUT2D eigenvalue weighted by molar-refractivity contribution is 0.0815. The number of nitrogens with zero attached hydrogens (tertiary/aromatic N) is 1. The second kappa shape index (κ2) is 7.44. The van der Waals surface area contributed by atoms with Crippen LogP contribution in [0, 0.1) is 24.7 Å². The van der Waals surface area contributed by atoms with E-state index in [1.165, 1.54) is 12.8 Å². The first-order valence-electron chi connectivity index (χ1n) is 8.80. The molecule has 2 unspecified atom stereocenters. The van der Waals surface area contributed by atoms with E-state index in [4.69, 9.17) is 0 Å². The smallest absolute Gasteiger partial charge is 0.166 e. The molecular formula is C21H31NO. The molecule has 0 aromatic heterocycles. The first kappa shape index (κ1) is 17.9. The van der Waals surface area contributed by atoms with Gasteiger partial charge in [0.05, 0.1) is 0 Å². The van der Waals surface area contributed by atoms with Gasteiger partial charge in [-0.05, 0) is 69.8 Å². The molecule has 2 nitrogen and oxygen atoms in total. The third kappa shape index (κ3) is 4.11. The minimum absolute atomic E-state index is 0.0813. The molecule has 1 fully saturated rings. The quantitative estimate of drug-likeness (QED) is 0.726. The predicted octanol–water partition coefficient (Wildman–Crippen LogP) is 4.82. The zero-order valence-electron chi connectivity index (χ0n) is 15.4. The monoisotopic (exact) mass is 313 g/mol. The van der Waals surface area contributed by atoms with E-state index in [0.717, 1.165) is 35.4 Å². The molecule has 0 aliphatic carbocycles. The van der Waals surface area contributed by atoms with Gasteiger partial charge in [-0.1, -0.05) is 44.2 Å². The van der Waals surface area contributed by atoms with Crippen molar-refractivity contribution in [2.45, 2.75) is 40.5 Å². The summed E-state index contributed by atoms with van der Waals surface area (Å²) in [6.45, 7) is 14.7. The van der Waals surface area contributed by atoms with Crippen LogP contribution in [-0.4, -0.2) is 30.8 Å². The fourth-order valence-corrected chi connectivity index (χ4v) is 3.65. The summed E-state index contributed by atoms with van der Waals surface area (Å²) in [5, 5.41) is 0. The Labute approximate surface area is 141 Å². The predicted molar refractivity (Wildman–Crippen MR) is 98.8 cm³/mol. The molecule has 0 amide bonds. The number of hydrogen-bond donors (Lipinski definition) is 0. The molecule has 0 radical (unpaired) electrons. The van der Waals surface area contributed by atoms with E-state index < -0.39 is 0 Å². The molecule has 2 atom stereocenters. The van der Waals surface area contributed by atoms with Crippen LogP contribution in [0.5, 0.6) is 0 Å². The van der Waals surface area contributed by atoms with Crippen molar-refractivity contribution in [3.05, 3.63) is 41.5 Å². The second-order valence-electron chi connectivity index (χ2n) is 7.46. The maximum absolute atomic E-state index is 13.0. The number of hydrogen-bond acceptors (Lipinski definition) is 2. The fourth-order valence-electron chi connectivity index (χ4n) is 3.65. The van der Waals surface area contributed by atoms with Crippen LogP contribution in [0.2, 0.25) is 0 Å². The maximum atomic E-state index is 13.0. The van der Waals surface area contributed by atoms with Crippen molar-refractivity contribution < 1.29 is 4.79 Å². The Hall–Kier alpha value is -1.41. The standard InChI is InChI=1S/C21H31NO/c1-14(2)19-7-8-20(15(3)13-19)21(23)17(5)16(4)18-9-11-22(6)12-10-18/h7-8,13,16-18H,1,9-12H2,2-6H3. The fraction of sp³-hybridized carbons (Fsp3) is 0.571. The summed E-state index contributed by atoms with van der Waals surface area (Å²) in [5.41, 5.74) is 4.11. The van der Waals surface area contributed by atoms with Gasteiger partial charge >= 0.3 is 0 Å². The summed E-state index contributed by atoms with van der Waals surface area (Å²) in [6.07, 6.45) is 2.42. The molecule has 1 aliphatic heterocycles. The van der Waals surface area contributed by atoms with Gasteiger partial charge in [0, 0.05) is 11.5 Å². The Bertz CT molecular complexity index is 582. The number of rotatable bonds is 5. The van der Waals surface area contributed by atoms with Crippen molar-refractivity contribution in [3.63, 3.8) is 0 Å². The number of aryl methyl sites for hydroxylation is 1. The lowest BCUT2D eigenvalue weighted by Crippen LogP contribution is -2.35. The van der Waals surface area contributed by atoms with Crippen molar-refractivity contribution in [3.8, 4) is 0 Å². The molecule has 126 valence electrons. The highest BCUT2D eigenvalue weighted by molar-refractivity contribution is 5.99. The molecule has 2 rings (SSSR count). The number of carbonyl (C=O) groups excluding carboxylic acids is 1. The van der Waals surface area contributed by atoms with E-state index >= 15 is 0 Å². The van der Waals surface area contributed by atoms with E-state index in [-0.39, 0.29) is 5.92 Å². The zero-order valence-corrected chi connectivity index (χ0v) is 15.4. The summed E-state index contributed by atoms with van der Waals surface area (Å²) in [4.78, 5) is 15.3. The molecule has 1 heterocycles. The van der Waals surface area contributed by atoms with Crippen LogP contribution in [0.4, 0.5) is 0 Å². The lowest BCUT2D eigenvalue weighted by Gasteiger charge is -2.35. The van der Waals surface area contributed by atoms with Crippen molar-refractivity contribution in [1.29, 1.82) is 0 Å². The SMILES string of the molecule is C=C(C)c1ccc(C(=O)C(C)C(C)C2CCN(C)CC2)c(C)c1. The molecule has 0 N–H and O–H groups in total. The van der Waals surface area contributed by atoms with E-state index in [1.54, 1.807) is 0 Å². The van der Waals surface area contributed by atoms with Crippen LogP contribution < -0.4 is 0 Å². The van der Waals surface area contributed by atoms with Crippen LogP contribution >= 0.6 is 0 Å². The van der Waals surface area contributed by atoms with E-state index in [1.807, 2.05) is 26.0 Å². The molecular weight excluding hydrogens is 282 g/mol. The number of benzene rings is 1. The Morgan fingerprint density at radius 1 is 1.26 bits per heavy atom. The molecule has 23 heavy (non-hydrogen) atoms. The van der Waals surface area contributed by atoms with E-state index in [0.29, 0.717) is 17.6 Å². The number of ketones is 1.